The summed E-state index contributed by atoms with van der Waals surface area (Å²) in [5.41, 5.74) is -0.873. The molecule has 3 heteroatoms. The number of ether oxygens (including phenoxy) is 2. The Morgan fingerprint density at radius 1 is 1.12 bits per heavy atom. The average Bonchev–Trinajstić information content (AvgIpc) is 1.96. The predicted molar refractivity (Wildman–Crippen MR) is 69.9 cm³/mol. The normalized spacial score (nSPS) is 12.9. The topological polar surface area (TPSA) is 35.5 Å². The second-order valence-corrected chi connectivity index (χ2v) is 6.55. The van der Waals surface area contributed by atoms with Gasteiger partial charge in [-0.1, -0.05) is 13.8 Å². The van der Waals surface area contributed by atoms with Crippen LogP contribution in [-0.2, 0) is 14.3 Å². The van der Waals surface area contributed by atoms with E-state index in [1.54, 1.807) is 0 Å². The van der Waals surface area contributed by atoms with Gasteiger partial charge in [-0.15, -0.1) is 0 Å². The van der Waals surface area contributed by atoms with E-state index in [1.807, 2.05) is 34.6 Å². The second-order valence-electron chi connectivity index (χ2n) is 6.55. The summed E-state index contributed by atoms with van der Waals surface area (Å²) in [7, 11) is 0. The SMILES string of the molecule is CC(C)CCOC(C)(C)CC(=O)OC(C)(C)C. The molecule has 0 N–H and O–H groups in total. The third-order valence-corrected chi connectivity index (χ3v) is 2.18. The van der Waals surface area contributed by atoms with E-state index in [4.69, 9.17) is 9.47 Å². The van der Waals surface area contributed by atoms with E-state index < -0.39 is 11.2 Å². The van der Waals surface area contributed by atoms with Crippen LogP contribution in [0.3, 0.4) is 0 Å². The summed E-state index contributed by atoms with van der Waals surface area (Å²) in [4.78, 5) is 11.7. The summed E-state index contributed by atoms with van der Waals surface area (Å²) < 4.78 is 11.0. The quantitative estimate of drug-likeness (QED) is 0.670. The lowest BCUT2D eigenvalue weighted by molar-refractivity contribution is -0.161. The van der Waals surface area contributed by atoms with Gasteiger partial charge in [0.05, 0.1) is 12.0 Å². The van der Waals surface area contributed by atoms with Gasteiger partial charge in [-0.2, -0.15) is 0 Å². The maximum Gasteiger partial charge on any atom is 0.309 e. The molecule has 3 nitrogen and oxygen atoms in total. The first-order chi connectivity index (χ1) is 7.52. The Morgan fingerprint density at radius 2 is 1.65 bits per heavy atom. The molecule has 0 aliphatic heterocycles. The summed E-state index contributed by atoms with van der Waals surface area (Å²) in [6.07, 6.45) is 1.31. The molecule has 0 fully saturated rings. The van der Waals surface area contributed by atoms with Crippen molar-refractivity contribution in [3.8, 4) is 0 Å². The van der Waals surface area contributed by atoms with Crippen LogP contribution in [0.2, 0.25) is 0 Å². The number of esters is 1. The van der Waals surface area contributed by atoms with Gasteiger partial charge in [0.2, 0.25) is 0 Å². The maximum atomic E-state index is 11.7. The summed E-state index contributed by atoms with van der Waals surface area (Å²) >= 11 is 0. The highest BCUT2D eigenvalue weighted by Gasteiger charge is 2.26. The fraction of sp³-hybridized carbons (Fsp3) is 0.929. The second kappa shape index (κ2) is 6.39. The van der Waals surface area contributed by atoms with Gasteiger partial charge >= 0.3 is 5.97 Å². The van der Waals surface area contributed by atoms with Crippen molar-refractivity contribution < 1.29 is 14.3 Å². The highest BCUT2D eigenvalue weighted by Crippen LogP contribution is 2.19. The van der Waals surface area contributed by atoms with Crippen LogP contribution in [0.5, 0.6) is 0 Å². The average molecular weight is 244 g/mol. The summed E-state index contributed by atoms with van der Waals surface area (Å²) in [6, 6.07) is 0. The van der Waals surface area contributed by atoms with Crippen molar-refractivity contribution in [3.63, 3.8) is 0 Å². The molecular formula is C14H28O3. The van der Waals surface area contributed by atoms with Crippen LogP contribution < -0.4 is 0 Å². The zero-order chi connectivity index (χ0) is 13.7. The van der Waals surface area contributed by atoms with Gasteiger partial charge in [0, 0.05) is 6.61 Å². The van der Waals surface area contributed by atoms with Crippen LogP contribution in [0.15, 0.2) is 0 Å². The van der Waals surface area contributed by atoms with Crippen LogP contribution in [0.4, 0.5) is 0 Å². The van der Waals surface area contributed by atoms with E-state index in [-0.39, 0.29) is 5.97 Å². The monoisotopic (exact) mass is 244 g/mol. The minimum atomic E-state index is -0.447. The van der Waals surface area contributed by atoms with Gasteiger partial charge in [0.1, 0.15) is 5.60 Å². The molecular weight excluding hydrogens is 216 g/mol. The van der Waals surface area contributed by atoms with Crippen molar-refractivity contribution in [1.82, 2.24) is 0 Å². The summed E-state index contributed by atoms with van der Waals surface area (Å²) in [6.45, 7) is 14.5. The molecule has 0 saturated heterocycles. The highest BCUT2D eigenvalue weighted by molar-refractivity contribution is 5.71. The molecule has 0 spiro atoms. The highest BCUT2D eigenvalue weighted by atomic mass is 16.6. The molecule has 0 amide bonds. The molecule has 0 aromatic carbocycles. The lowest BCUT2D eigenvalue weighted by atomic mass is 10.0. The molecule has 0 aromatic heterocycles. The lowest BCUT2D eigenvalue weighted by Crippen LogP contribution is -2.33. The van der Waals surface area contributed by atoms with Gasteiger partial charge in [-0.05, 0) is 47.0 Å². The van der Waals surface area contributed by atoms with Gasteiger partial charge < -0.3 is 9.47 Å². The van der Waals surface area contributed by atoms with Crippen LogP contribution in [0, 0.1) is 5.92 Å². The molecule has 0 aliphatic carbocycles. The molecule has 0 bridgehead atoms. The lowest BCUT2D eigenvalue weighted by Gasteiger charge is -2.27. The van der Waals surface area contributed by atoms with Gasteiger partial charge in [-0.3, -0.25) is 4.79 Å². The van der Waals surface area contributed by atoms with Gasteiger partial charge in [-0.25, -0.2) is 0 Å². The smallest absolute Gasteiger partial charge is 0.309 e. The first-order valence-corrected chi connectivity index (χ1v) is 6.38. The van der Waals surface area contributed by atoms with Crippen molar-refractivity contribution >= 4 is 5.97 Å². The number of hydrogen-bond donors (Lipinski definition) is 0. The van der Waals surface area contributed by atoms with Gasteiger partial charge in [0.15, 0.2) is 0 Å². The molecule has 0 saturated carbocycles. The summed E-state index contributed by atoms with van der Waals surface area (Å²) in [5, 5.41) is 0. The minimum Gasteiger partial charge on any atom is -0.460 e. The molecule has 0 unspecified atom stereocenters. The van der Waals surface area contributed by atoms with Gasteiger partial charge in [0.25, 0.3) is 0 Å². The molecule has 0 aromatic rings. The fourth-order valence-corrected chi connectivity index (χ4v) is 1.35. The van der Waals surface area contributed by atoms with Crippen molar-refractivity contribution in [3.05, 3.63) is 0 Å². The Hall–Kier alpha value is -0.570. The Balaban J connectivity index is 4.03. The van der Waals surface area contributed by atoms with Crippen LogP contribution in [0.1, 0.15) is 61.3 Å². The molecule has 0 radical (unpaired) electrons. The number of carbonyl (C=O) groups is 1. The molecule has 0 aliphatic rings. The Bertz CT molecular complexity index is 236. The number of carbonyl (C=O) groups excluding carboxylic acids is 1. The van der Waals surface area contributed by atoms with Crippen molar-refractivity contribution in [1.29, 1.82) is 0 Å². The van der Waals surface area contributed by atoms with E-state index in [0.29, 0.717) is 18.9 Å². The van der Waals surface area contributed by atoms with E-state index in [1.165, 1.54) is 0 Å². The third-order valence-electron chi connectivity index (χ3n) is 2.18. The first kappa shape index (κ1) is 16.4. The van der Waals surface area contributed by atoms with E-state index in [9.17, 15) is 4.79 Å². The zero-order valence-electron chi connectivity index (χ0n) is 12.4. The van der Waals surface area contributed by atoms with Crippen molar-refractivity contribution in [2.24, 2.45) is 5.92 Å². The van der Waals surface area contributed by atoms with Crippen molar-refractivity contribution in [2.75, 3.05) is 6.61 Å². The molecule has 0 heterocycles. The summed E-state index contributed by atoms with van der Waals surface area (Å²) in [5.74, 6) is 0.416. The van der Waals surface area contributed by atoms with Crippen LogP contribution in [-0.4, -0.2) is 23.8 Å². The molecule has 102 valence electrons. The number of hydrogen-bond acceptors (Lipinski definition) is 3. The Labute approximate surface area is 106 Å². The Morgan fingerprint density at radius 3 is 2.06 bits per heavy atom. The third kappa shape index (κ3) is 10.3. The predicted octanol–water partition coefficient (Wildman–Crippen LogP) is 3.56. The van der Waals surface area contributed by atoms with E-state index in [0.717, 1.165) is 6.42 Å². The van der Waals surface area contributed by atoms with E-state index >= 15 is 0 Å². The van der Waals surface area contributed by atoms with Crippen LogP contribution >= 0.6 is 0 Å². The zero-order valence-corrected chi connectivity index (χ0v) is 12.4. The molecule has 0 rings (SSSR count). The number of rotatable bonds is 6. The maximum absolute atomic E-state index is 11.7. The minimum absolute atomic E-state index is 0.202. The Kier molecular flexibility index (Phi) is 6.17. The standard InChI is InChI=1S/C14H28O3/c1-11(2)8-9-16-14(6,7)10-12(15)17-13(3,4)5/h11H,8-10H2,1-7H3. The largest absolute Gasteiger partial charge is 0.460 e. The van der Waals surface area contributed by atoms with Crippen LogP contribution in [0.25, 0.3) is 0 Å². The fourth-order valence-electron chi connectivity index (χ4n) is 1.35. The first-order valence-electron chi connectivity index (χ1n) is 6.38. The molecule has 17 heavy (non-hydrogen) atoms. The van der Waals surface area contributed by atoms with Crippen molar-refractivity contribution in [2.45, 2.75) is 72.5 Å². The molecule has 0 atom stereocenters. The van der Waals surface area contributed by atoms with E-state index in [2.05, 4.69) is 13.8 Å².